The summed E-state index contributed by atoms with van der Waals surface area (Å²) in [7, 11) is 5.86. The fraction of sp³-hybridized carbons (Fsp3) is 0.400. The number of hydrogen-bond donors (Lipinski definition) is 1. The molecule has 8 nitrogen and oxygen atoms in total. The highest BCUT2D eigenvalue weighted by atomic mass is 32.1. The van der Waals surface area contributed by atoms with Crippen molar-refractivity contribution in [1.82, 2.24) is 24.0 Å². The number of pyridine rings is 2. The summed E-state index contributed by atoms with van der Waals surface area (Å²) in [5.41, 5.74) is 4.01. The van der Waals surface area contributed by atoms with Gasteiger partial charge in [-0.2, -0.15) is 0 Å². The van der Waals surface area contributed by atoms with Crippen molar-refractivity contribution in [2.75, 3.05) is 33.9 Å². The minimum absolute atomic E-state index is 0.125. The molecule has 0 amide bonds. The average Bonchev–Trinajstić information content (AvgIpc) is 3.01. The van der Waals surface area contributed by atoms with E-state index in [4.69, 9.17) is 22.1 Å². The molecule has 0 spiro atoms. The van der Waals surface area contributed by atoms with Gasteiger partial charge < -0.3 is 14.4 Å². The van der Waals surface area contributed by atoms with Crippen molar-refractivity contribution in [3.05, 3.63) is 47.1 Å². The number of aryl methyl sites for hydroxylation is 1. The second-order valence-corrected chi connectivity index (χ2v) is 9.85. The van der Waals surface area contributed by atoms with Crippen molar-refractivity contribution in [2.45, 2.75) is 24.6 Å². The highest BCUT2D eigenvalue weighted by Gasteiger charge is 2.36. The SMILES string of the molecule is CCC1(S)COc2c(-c3ccc(OCCCN(C)C)nc3)ccc3ncc4c(c23)n1c(=O)n4C. The number of aromatic nitrogens is 4. The third-order valence-corrected chi connectivity index (χ3v) is 7.13. The second-order valence-electron chi connectivity index (χ2n) is 9.02. The Kier molecular flexibility index (Phi) is 5.77. The van der Waals surface area contributed by atoms with Crippen LogP contribution in [0.4, 0.5) is 0 Å². The first-order chi connectivity index (χ1) is 16.3. The molecule has 3 aromatic heterocycles. The second kappa shape index (κ2) is 8.63. The summed E-state index contributed by atoms with van der Waals surface area (Å²) >= 11 is 4.93. The Hall–Kier alpha value is -3.04. The molecule has 0 aliphatic carbocycles. The van der Waals surface area contributed by atoms with Crippen LogP contribution in [-0.4, -0.2) is 57.9 Å². The Morgan fingerprint density at radius 3 is 2.74 bits per heavy atom. The van der Waals surface area contributed by atoms with Crippen LogP contribution in [0.3, 0.4) is 0 Å². The molecule has 0 saturated carbocycles. The molecule has 0 bridgehead atoms. The summed E-state index contributed by atoms with van der Waals surface area (Å²) in [6, 6.07) is 7.82. The van der Waals surface area contributed by atoms with Crippen LogP contribution in [0.2, 0.25) is 0 Å². The van der Waals surface area contributed by atoms with Crippen molar-refractivity contribution in [3.63, 3.8) is 0 Å². The van der Waals surface area contributed by atoms with E-state index in [2.05, 4.69) is 14.9 Å². The van der Waals surface area contributed by atoms with Gasteiger partial charge >= 0.3 is 5.69 Å². The highest BCUT2D eigenvalue weighted by Crippen LogP contribution is 2.44. The van der Waals surface area contributed by atoms with Gasteiger partial charge in [0.25, 0.3) is 0 Å². The predicted octanol–water partition coefficient (Wildman–Crippen LogP) is 3.67. The van der Waals surface area contributed by atoms with Crippen LogP contribution < -0.4 is 15.2 Å². The van der Waals surface area contributed by atoms with E-state index >= 15 is 0 Å². The Balaban J connectivity index is 1.61. The lowest BCUT2D eigenvalue weighted by atomic mass is 10.0. The lowest BCUT2D eigenvalue weighted by Gasteiger charge is -2.27. The monoisotopic (exact) mass is 479 g/mol. The molecule has 1 aromatic carbocycles. The van der Waals surface area contributed by atoms with Crippen LogP contribution in [0.15, 0.2) is 41.5 Å². The van der Waals surface area contributed by atoms with Gasteiger partial charge in [-0.25, -0.2) is 9.78 Å². The average molecular weight is 480 g/mol. The van der Waals surface area contributed by atoms with E-state index in [1.165, 1.54) is 0 Å². The largest absolute Gasteiger partial charge is 0.489 e. The number of benzene rings is 1. The summed E-state index contributed by atoms with van der Waals surface area (Å²) < 4.78 is 15.6. The Morgan fingerprint density at radius 2 is 2.03 bits per heavy atom. The van der Waals surface area contributed by atoms with E-state index in [1.807, 2.05) is 45.3 Å². The van der Waals surface area contributed by atoms with E-state index in [0.29, 0.717) is 24.7 Å². The molecule has 0 radical (unpaired) electrons. The van der Waals surface area contributed by atoms with Crippen LogP contribution in [0.25, 0.3) is 33.1 Å². The predicted molar refractivity (Wildman–Crippen MR) is 137 cm³/mol. The molecule has 178 valence electrons. The number of hydrogen-bond acceptors (Lipinski definition) is 7. The summed E-state index contributed by atoms with van der Waals surface area (Å²) in [5.74, 6) is 1.29. The molecule has 9 heteroatoms. The lowest BCUT2D eigenvalue weighted by molar-refractivity contribution is 0.229. The first-order valence-corrected chi connectivity index (χ1v) is 11.9. The molecule has 4 aromatic rings. The zero-order valence-electron chi connectivity index (χ0n) is 19.9. The molecule has 1 unspecified atom stereocenters. The zero-order chi connectivity index (χ0) is 24.0. The molecule has 34 heavy (non-hydrogen) atoms. The molecule has 0 saturated heterocycles. The van der Waals surface area contributed by atoms with Crippen molar-refractivity contribution in [3.8, 4) is 22.8 Å². The molecule has 4 heterocycles. The summed E-state index contributed by atoms with van der Waals surface area (Å²) in [5, 5.41) is 0.820. The van der Waals surface area contributed by atoms with Crippen LogP contribution in [-0.2, 0) is 11.9 Å². The maximum atomic E-state index is 13.2. The normalized spacial score (nSPS) is 17.5. The summed E-state index contributed by atoms with van der Waals surface area (Å²) in [6.07, 6.45) is 5.11. The van der Waals surface area contributed by atoms with Crippen molar-refractivity contribution in [1.29, 1.82) is 0 Å². The fourth-order valence-corrected chi connectivity index (χ4v) is 4.76. The van der Waals surface area contributed by atoms with Gasteiger partial charge in [0.2, 0.25) is 5.88 Å². The van der Waals surface area contributed by atoms with Crippen molar-refractivity contribution >= 4 is 34.6 Å². The fourth-order valence-electron chi connectivity index (χ4n) is 4.51. The number of imidazole rings is 1. The number of ether oxygens (including phenoxy) is 2. The zero-order valence-corrected chi connectivity index (χ0v) is 20.8. The van der Waals surface area contributed by atoms with Crippen LogP contribution in [0, 0.1) is 0 Å². The maximum Gasteiger partial charge on any atom is 0.330 e. The minimum atomic E-state index is -0.774. The van der Waals surface area contributed by atoms with E-state index < -0.39 is 4.87 Å². The first kappa shape index (κ1) is 22.7. The van der Waals surface area contributed by atoms with Gasteiger partial charge in [-0.15, -0.1) is 12.6 Å². The van der Waals surface area contributed by atoms with Crippen LogP contribution in [0.5, 0.6) is 11.6 Å². The van der Waals surface area contributed by atoms with Gasteiger partial charge in [0, 0.05) is 37.0 Å². The number of nitrogens with zero attached hydrogens (tertiary/aromatic N) is 5. The van der Waals surface area contributed by atoms with E-state index in [1.54, 1.807) is 28.6 Å². The molecular weight excluding hydrogens is 450 g/mol. The highest BCUT2D eigenvalue weighted by molar-refractivity contribution is 7.81. The van der Waals surface area contributed by atoms with Gasteiger partial charge in [0.1, 0.15) is 17.2 Å². The quantitative estimate of drug-likeness (QED) is 0.322. The van der Waals surface area contributed by atoms with Gasteiger partial charge in [0.05, 0.1) is 34.7 Å². The lowest BCUT2D eigenvalue weighted by Crippen LogP contribution is -2.40. The van der Waals surface area contributed by atoms with Crippen molar-refractivity contribution < 1.29 is 9.47 Å². The van der Waals surface area contributed by atoms with E-state index in [0.717, 1.165) is 46.0 Å². The number of rotatable bonds is 7. The van der Waals surface area contributed by atoms with Crippen molar-refractivity contribution in [2.24, 2.45) is 7.05 Å². The van der Waals surface area contributed by atoms with Gasteiger partial charge in [-0.1, -0.05) is 6.92 Å². The number of thiol groups is 1. The topological polar surface area (TPSA) is 74.4 Å². The molecular formula is C25H29N5O3S. The molecule has 1 aliphatic heterocycles. The standard InChI is InChI=1S/C25H29N5O3S/c1-5-25(34)15-33-23-17(16-7-10-20(27-13-16)32-12-6-11-28(2)3)8-9-18-21(23)22-19(14-26-18)29(4)24(31)30(22)25/h7-10,13-14,34H,5-6,11-12,15H2,1-4H3. The first-order valence-electron chi connectivity index (χ1n) is 11.5. The summed E-state index contributed by atoms with van der Waals surface area (Å²) in [6.45, 7) is 3.85. The minimum Gasteiger partial charge on any atom is -0.489 e. The van der Waals surface area contributed by atoms with Gasteiger partial charge in [-0.05, 0) is 45.1 Å². The Bertz CT molecular complexity index is 1430. The molecule has 0 fully saturated rings. The van der Waals surface area contributed by atoms with Crippen LogP contribution >= 0.6 is 12.6 Å². The third-order valence-electron chi connectivity index (χ3n) is 6.48. The van der Waals surface area contributed by atoms with E-state index in [9.17, 15) is 4.79 Å². The molecule has 1 atom stereocenters. The third kappa shape index (κ3) is 3.63. The molecule has 5 rings (SSSR count). The van der Waals surface area contributed by atoms with Gasteiger partial charge in [0.15, 0.2) is 0 Å². The smallest absolute Gasteiger partial charge is 0.330 e. The molecule has 1 aliphatic rings. The maximum absolute atomic E-state index is 13.2. The Labute approximate surface area is 203 Å². The van der Waals surface area contributed by atoms with E-state index in [-0.39, 0.29) is 12.3 Å². The molecule has 0 N–H and O–H groups in total. The Morgan fingerprint density at radius 1 is 1.21 bits per heavy atom. The van der Waals surface area contributed by atoms with Gasteiger partial charge in [-0.3, -0.25) is 14.1 Å². The van der Waals surface area contributed by atoms with Crippen LogP contribution in [0.1, 0.15) is 19.8 Å². The summed E-state index contributed by atoms with van der Waals surface area (Å²) in [4.78, 5) is 23.7.